The number of thioether (sulfide) groups is 1. The van der Waals surface area contributed by atoms with Crippen molar-refractivity contribution in [3.05, 3.63) is 118 Å². The Morgan fingerprint density at radius 2 is 1.81 bits per heavy atom. The van der Waals surface area contributed by atoms with Gasteiger partial charge in [-0.3, -0.25) is 0 Å². The quantitative estimate of drug-likeness (QED) is 0.225. The number of allylic oxidation sites excluding steroid dienone is 1. The van der Waals surface area contributed by atoms with Crippen LogP contribution in [0.1, 0.15) is 29.7 Å². The molecule has 182 valence electrons. The van der Waals surface area contributed by atoms with Crippen LogP contribution in [-0.2, 0) is 21.9 Å². The Kier molecular flexibility index (Phi) is 7.06. The molecule has 0 saturated heterocycles. The molecule has 1 unspecified atom stereocenters. The van der Waals surface area contributed by atoms with Gasteiger partial charge in [0.25, 0.3) is 0 Å². The number of nitrogens with one attached hydrogen (secondary N) is 1. The second kappa shape index (κ2) is 10.6. The highest BCUT2D eigenvalue weighted by Crippen LogP contribution is 2.37. The maximum absolute atomic E-state index is 13.7. The summed E-state index contributed by atoms with van der Waals surface area (Å²) in [6.07, 6.45) is 0. The fraction of sp³-hybridized carbons (Fsp3) is 0.148. The molecule has 1 N–H and O–H groups in total. The molecular formula is C27H22ClFN4O2S. The smallest absolute Gasteiger partial charge is 0.338 e. The number of benzene rings is 3. The highest BCUT2D eigenvalue weighted by atomic mass is 35.5. The fourth-order valence-electron chi connectivity index (χ4n) is 3.97. The Morgan fingerprint density at radius 3 is 2.56 bits per heavy atom. The number of esters is 1. The van der Waals surface area contributed by atoms with Crippen LogP contribution in [0.3, 0.4) is 0 Å². The molecule has 5 rings (SSSR count). The summed E-state index contributed by atoms with van der Waals surface area (Å²) in [6.45, 7) is 1.93. The van der Waals surface area contributed by atoms with Gasteiger partial charge >= 0.3 is 5.97 Å². The van der Waals surface area contributed by atoms with E-state index in [0.717, 1.165) is 11.1 Å². The minimum atomic E-state index is -0.632. The number of hydrogen-bond donors (Lipinski definition) is 1. The minimum Gasteiger partial charge on any atom is -0.457 e. The second-order valence-corrected chi connectivity index (χ2v) is 9.57. The van der Waals surface area contributed by atoms with Crippen molar-refractivity contribution >= 4 is 35.3 Å². The van der Waals surface area contributed by atoms with E-state index in [0.29, 0.717) is 38.7 Å². The molecule has 0 saturated carbocycles. The first-order valence-corrected chi connectivity index (χ1v) is 12.6. The van der Waals surface area contributed by atoms with Crippen LogP contribution in [0.2, 0.25) is 5.02 Å². The number of nitrogens with zero attached hydrogens (tertiary/aromatic N) is 3. The zero-order chi connectivity index (χ0) is 25.1. The third kappa shape index (κ3) is 5.15. The molecule has 1 aliphatic heterocycles. The first kappa shape index (κ1) is 24.1. The highest BCUT2D eigenvalue weighted by molar-refractivity contribution is 7.98. The topological polar surface area (TPSA) is 69.0 Å². The molecule has 1 atom stereocenters. The Bertz CT molecular complexity index is 1420. The van der Waals surface area contributed by atoms with Crippen molar-refractivity contribution < 1.29 is 13.9 Å². The summed E-state index contributed by atoms with van der Waals surface area (Å²) in [5.41, 5.74) is 3.53. The van der Waals surface area contributed by atoms with Gasteiger partial charge in [-0.05, 0) is 41.8 Å². The largest absolute Gasteiger partial charge is 0.457 e. The summed E-state index contributed by atoms with van der Waals surface area (Å²) in [6, 6.07) is 22.5. The number of fused-ring (bicyclic) bond motifs is 1. The van der Waals surface area contributed by atoms with Crippen molar-refractivity contribution in [1.29, 1.82) is 0 Å². The molecular weight excluding hydrogens is 499 g/mol. The molecule has 1 aromatic heterocycles. The van der Waals surface area contributed by atoms with Crippen LogP contribution in [0.15, 0.2) is 95.3 Å². The van der Waals surface area contributed by atoms with E-state index < -0.39 is 12.0 Å². The van der Waals surface area contributed by atoms with Crippen LogP contribution in [0, 0.1) is 5.82 Å². The van der Waals surface area contributed by atoms with Crippen molar-refractivity contribution in [2.24, 2.45) is 0 Å². The second-order valence-electron chi connectivity index (χ2n) is 8.22. The van der Waals surface area contributed by atoms with Crippen LogP contribution in [-0.4, -0.2) is 20.7 Å². The van der Waals surface area contributed by atoms with E-state index in [1.165, 1.54) is 23.9 Å². The molecule has 0 bridgehead atoms. The molecule has 0 amide bonds. The van der Waals surface area contributed by atoms with Gasteiger partial charge in [-0.25, -0.2) is 13.9 Å². The van der Waals surface area contributed by atoms with Gasteiger partial charge in [0.1, 0.15) is 18.5 Å². The molecule has 0 radical (unpaired) electrons. The molecule has 0 spiro atoms. The monoisotopic (exact) mass is 520 g/mol. The standard InChI is InChI=1S/C27H22ClFN4O2S/c1-17-23(25(34)35-15-18-7-3-2-4-8-18)24(19-11-13-21(29)14-12-19)33-26(30-17)31-27(32-33)36-16-20-9-5-6-10-22(20)28/h2-14,24H,15-16H2,1H3,(H,30,31,32). The average Bonchev–Trinajstić information content (AvgIpc) is 3.29. The van der Waals surface area contributed by atoms with Crippen molar-refractivity contribution in [3.8, 4) is 0 Å². The van der Waals surface area contributed by atoms with Crippen LogP contribution < -0.4 is 5.32 Å². The number of carbonyl (C=O) groups is 1. The fourth-order valence-corrected chi connectivity index (χ4v) is 5.08. The van der Waals surface area contributed by atoms with Gasteiger partial charge in [0.05, 0.1) is 5.57 Å². The third-order valence-corrected chi connectivity index (χ3v) is 7.02. The number of carbonyl (C=O) groups excluding carboxylic acids is 1. The predicted octanol–water partition coefficient (Wildman–Crippen LogP) is 6.40. The lowest BCUT2D eigenvalue weighted by Gasteiger charge is -2.28. The predicted molar refractivity (Wildman–Crippen MR) is 138 cm³/mol. The van der Waals surface area contributed by atoms with Gasteiger partial charge in [0, 0.05) is 16.5 Å². The van der Waals surface area contributed by atoms with Crippen molar-refractivity contribution in [2.45, 2.75) is 30.5 Å². The Balaban J connectivity index is 1.45. The summed E-state index contributed by atoms with van der Waals surface area (Å²) < 4.78 is 21.0. The molecule has 4 aromatic rings. The molecule has 9 heteroatoms. The molecule has 1 aliphatic rings. The average molecular weight is 521 g/mol. The molecule has 2 heterocycles. The van der Waals surface area contributed by atoms with Crippen LogP contribution in [0.25, 0.3) is 0 Å². The van der Waals surface area contributed by atoms with Gasteiger partial charge < -0.3 is 10.1 Å². The lowest BCUT2D eigenvalue weighted by Crippen LogP contribution is -2.29. The van der Waals surface area contributed by atoms with Gasteiger partial charge in [-0.1, -0.05) is 84.0 Å². The lowest BCUT2D eigenvalue weighted by molar-refractivity contribution is -0.140. The van der Waals surface area contributed by atoms with Gasteiger partial charge in [0.2, 0.25) is 11.1 Å². The first-order valence-electron chi connectivity index (χ1n) is 11.3. The van der Waals surface area contributed by atoms with E-state index >= 15 is 0 Å². The molecule has 36 heavy (non-hydrogen) atoms. The van der Waals surface area contributed by atoms with Crippen molar-refractivity contribution in [3.63, 3.8) is 0 Å². The summed E-state index contributed by atoms with van der Waals surface area (Å²) >= 11 is 7.73. The molecule has 6 nitrogen and oxygen atoms in total. The number of aromatic nitrogens is 3. The Morgan fingerprint density at radius 1 is 1.08 bits per heavy atom. The van der Waals surface area contributed by atoms with E-state index in [-0.39, 0.29) is 12.4 Å². The van der Waals surface area contributed by atoms with Crippen LogP contribution in [0.4, 0.5) is 10.3 Å². The summed E-state index contributed by atoms with van der Waals surface area (Å²) in [7, 11) is 0. The van der Waals surface area contributed by atoms with E-state index in [2.05, 4.69) is 15.4 Å². The van der Waals surface area contributed by atoms with E-state index in [4.69, 9.17) is 16.3 Å². The SMILES string of the molecule is CC1=C(C(=O)OCc2ccccc2)C(c2ccc(F)cc2)n2nc(SCc3ccccc3Cl)nc2N1. The number of ether oxygens (including phenoxy) is 1. The maximum Gasteiger partial charge on any atom is 0.338 e. The number of anilines is 1. The first-order chi connectivity index (χ1) is 17.5. The number of hydrogen-bond acceptors (Lipinski definition) is 6. The molecule has 3 aromatic carbocycles. The van der Waals surface area contributed by atoms with E-state index in [1.54, 1.807) is 23.7 Å². The highest BCUT2D eigenvalue weighted by Gasteiger charge is 2.35. The number of rotatable bonds is 7. The van der Waals surface area contributed by atoms with E-state index in [9.17, 15) is 9.18 Å². The van der Waals surface area contributed by atoms with Crippen molar-refractivity contribution in [2.75, 3.05) is 5.32 Å². The zero-order valence-corrected chi connectivity index (χ0v) is 20.9. The van der Waals surface area contributed by atoms with Gasteiger partial charge in [0.15, 0.2) is 0 Å². The number of halogens is 2. The van der Waals surface area contributed by atoms with Crippen LogP contribution >= 0.6 is 23.4 Å². The minimum absolute atomic E-state index is 0.135. The van der Waals surface area contributed by atoms with Crippen LogP contribution in [0.5, 0.6) is 0 Å². The zero-order valence-electron chi connectivity index (χ0n) is 19.3. The maximum atomic E-state index is 13.7. The van der Waals surface area contributed by atoms with Crippen molar-refractivity contribution in [1.82, 2.24) is 14.8 Å². The normalized spacial score (nSPS) is 14.8. The Labute approximate surface area is 217 Å². The van der Waals surface area contributed by atoms with Gasteiger partial charge in [-0.2, -0.15) is 4.98 Å². The van der Waals surface area contributed by atoms with Gasteiger partial charge in [-0.15, -0.1) is 5.10 Å². The molecule has 0 aliphatic carbocycles. The third-order valence-electron chi connectivity index (χ3n) is 5.77. The lowest BCUT2D eigenvalue weighted by atomic mass is 9.96. The Hall–Kier alpha value is -3.62. The summed E-state index contributed by atoms with van der Waals surface area (Å²) in [5, 5.41) is 9.08. The summed E-state index contributed by atoms with van der Waals surface area (Å²) in [4.78, 5) is 17.9. The summed E-state index contributed by atoms with van der Waals surface area (Å²) in [5.74, 6) is 0.229. The molecule has 0 fully saturated rings. The van der Waals surface area contributed by atoms with E-state index in [1.807, 2.05) is 54.6 Å².